The standard InChI is InChI=1S/C18H22BrN/c1-14-6-8-15(9-7-14)10-11-18(20-2)13-16-4-3-5-17(19)12-16/h3-9,12,18,20H,10-11,13H2,1-2H3. The van der Waals surface area contributed by atoms with E-state index in [2.05, 4.69) is 83.7 Å². The molecule has 1 atom stereocenters. The molecule has 0 aromatic heterocycles. The van der Waals surface area contributed by atoms with Gasteiger partial charge in [-0.05, 0) is 56.5 Å². The van der Waals surface area contributed by atoms with Crippen LogP contribution in [0.15, 0.2) is 53.0 Å². The third kappa shape index (κ3) is 4.77. The molecule has 0 spiro atoms. The van der Waals surface area contributed by atoms with Crippen molar-refractivity contribution in [2.75, 3.05) is 7.05 Å². The maximum Gasteiger partial charge on any atom is 0.0178 e. The molecule has 0 aliphatic heterocycles. The molecule has 20 heavy (non-hydrogen) atoms. The molecule has 0 saturated heterocycles. The highest BCUT2D eigenvalue weighted by Gasteiger charge is 2.08. The predicted octanol–water partition coefficient (Wildman–Crippen LogP) is 4.52. The van der Waals surface area contributed by atoms with Gasteiger partial charge in [0.2, 0.25) is 0 Å². The van der Waals surface area contributed by atoms with Gasteiger partial charge in [-0.25, -0.2) is 0 Å². The average Bonchev–Trinajstić information content (AvgIpc) is 2.45. The first-order chi connectivity index (χ1) is 9.67. The van der Waals surface area contributed by atoms with Crippen LogP contribution in [0.2, 0.25) is 0 Å². The number of nitrogens with one attached hydrogen (secondary N) is 1. The number of rotatable bonds is 6. The molecule has 0 radical (unpaired) electrons. The van der Waals surface area contributed by atoms with E-state index in [1.54, 1.807) is 0 Å². The molecule has 2 aromatic carbocycles. The van der Waals surface area contributed by atoms with Gasteiger partial charge < -0.3 is 5.32 Å². The first-order valence-electron chi connectivity index (χ1n) is 7.14. The number of halogens is 1. The highest BCUT2D eigenvalue weighted by molar-refractivity contribution is 9.10. The smallest absolute Gasteiger partial charge is 0.0178 e. The molecule has 2 rings (SSSR count). The van der Waals surface area contributed by atoms with Crippen molar-refractivity contribution >= 4 is 15.9 Å². The summed E-state index contributed by atoms with van der Waals surface area (Å²) in [6.45, 7) is 2.13. The summed E-state index contributed by atoms with van der Waals surface area (Å²) in [7, 11) is 2.05. The highest BCUT2D eigenvalue weighted by atomic mass is 79.9. The molecule has 1 unspecified atom stereocenters. The van der Waals surface area contributed by atoms with Gasteiger partial charge in [-0.3, -0.25) is 0 Å². The van der Waals surface area contributed by atoms with E-state index in [0.29, 0.717) is 6.04 Å². The van der Waals surface area contributed by atoms with Crippen molar-refractivity contribution in [3.63, 3.8) is 0 Å². The monoisotopic (exact) mass is 331 g/mol. The van der Waals surface area contributed by atoms with Gasteiger partial charge >= 0.3 is 0 Å². The number of likely N-dealkylation sites (N-methyl/N-ethyl adjacent to an activating group) is 1. The van der Waals surface area contributed by atoms with Gasteiger partial charge in [0.25, 0.3) is 0 Å². The zero-order chi connectivity index (χ0) is 14.4. The van der Waals surface area contributed by atoms with Crippen LogP contribution >= 0.6 is 15.9 Å². The summed E-state index contributed by atoms with van der Waals surface area (Å²) in [6, 6.07) is 18.0. The van der Waals surface area contributed by atoms with E-state index in [1.807, 2.05) is 0 Å². The van der Waals surface area contributed by atoms with Crippen molar-refractivity contribution < 1.29 is 0 Å². The van der Waals surface area contributed by atoms with Gasteiger partial charge in [0.15, 0.2) is 0 Å². The number of benzene rings is 2. The molecule has 0 saturated carbocycles. The third-order valence-corrected chi connectivity index (χ3v) is 4.17. The maximum absolute atomic E-state index is 3.54. The first kappa shape index (κ1) is 15.3. The fourth-order valence-electron chi connectivity index (χ4n) is 2.39. The summed E-state index contributed by atoms with van der Waals surface area (Å²) in [5.41, 5.74) is 4.13. The first-order valence-corrected chi connectivity index (χ1v) is 7.94. The number of aryl methyl sites for hydroxylation is 2. The van der Waals surface area contributed by atoms with Gasteiger partial charge in [-0.15, -0.1) is 0 Å². The Bertz CT molecular complexity index is 533. The van der Waals surface area contributed by atoms with Crippen molar-refractivity contribution in [2.24, 2.45) is 0 Å². The van der Waals surface area contributed by atoms with Crippen LogP contribution in [-0.2, 0) is 12.8 Å². The van der Waals surface area contributed by atoms with Crippen LogP contribution in [0.3, 0.4) is 0 Å². The molecule has 0 fully saturated rings. The van der Waals surface area contributed by atoms with Crippen LogP contribution in [0.1, 0.15) is 23.1 Å². The lowest BCUT2D eigenvalue weighted by Crippen LogP contribution is -2.28. The number of hydrogen-bond acceptors (Lipinski definition) is 1. The van der Waals surface area contributed by atoms with Crippen LogP contribution in [0.4, 0.5) is 0 Å². The summed E-state index contributed by atoms with van der Waals surface area (Å²) in [4.78, 5) is 0. The lowest BCUT2D eigenvalue weighted by Gasteiger charge is -2.16. The zero-order valence-electron chi connectivity index (χ0n) is 12.2. The van der Waals surface area contributed by atoms with E-state index in [1.165, 1.54) is 16.7 Å². The Labute approximate surface area is 130 Å². The van der Waals surface area contributed by atoms with Gasteiger partial charge in [0.05, 0.1) is 0 Å². The summed E-state index contributed by atoms with van der Waals surface area (Å²) in [5, 5.41) is 3.44. The van der Waals surface area contributed by atoms with E-state index in [-0.39, 0.29) is 0 Å². The van der Waals surface area contributed by atoms with Gasteiger partial charge in [-0.1, -0.05) is 57.9 Å². The van der Waals surface area contributed by atoms with Crippen LogP contribution in [0, 0.1) is 6.92 Å². The lowest BCUT2D eigenvalue weighted by atomic mass is 9.99. The molecule has 0 aliphatic rings. The van der Waals surface area contributed by atoms with Gasteiger partial charge in [0, 0.05) is 10.5 Å². The summed E-state index contributed by atoms with van der Waals surface area (Å²) < 4.78 is 1.16. The topological polar surface area (TPSA) is 12.0 Å². The van der Waals surface area contributed by atoms with Crippen molar-refractivity contribution in [2.45, 2.75) is 32.2 Å². The van der Waals surface area contributed by atoms with Gasteiger partial charge in [-0.2, -0.15) is 0 Å². The van der Waals surface area contributed by atoms with Crippen LogP contribution < -0.4 is 5.32 Å². The summed E-state index contributed by atoms with van der Waals surface area (Å²) in [5.74, 6) is 0. The molecule has 0 amide bonds. The SMILES string of the molecule is CNC(CCc1ccc(C)cc1)Cc1cccc(Br)c1. The summed E-state index contributed by atoms with van der Waals surface area (Å²) in [6.07, 6.45) is 3.35. The molecule has 106 valence electrons. The predicted molar refractivity (Wildman–Crippen MR) is 90.2 cm³/mol. The maximum atomic E-state index is 3.54. The van der Waals surface area contributed by atoms with Crippen LogP contribution in [-0.4, -0.2) is 13.1 Å². The zero-order valence-corrected chi connectivity index (χ0v) is 13.8. The Morgan fingerprint density at radius 2 is 1.80 bits per heavy atom. The molecular weight excluding hydrogens is 310 g/mol. The molecule has 0 aliphatic carbocycles. The third-order valence-electron chi connectivity index (χ3n) is 3.68. The second kappa shape index (κ2) is 7.61. The average molecular weight is 332 g/mol. The van der Waals surface area contributed by atoms with Crippen molar-refractivity contribution in [3.05, 3.63) is 69.7 Å². The molecule has 1 nitrogen and oxygen atoms in total. The van der Waals surface area contributed by atoms with E-state index in [4.69, 9.17) is 0 Å². The fourth-order valence-corrected chi connectivity index (χ4v) is 2.84. The van der Waals surface area contributed by atoms with Crippen molar-refractivity contribution in [1.29, 1.82) is 0 Å². The highest BCUT2D eigenvalue weighted by Crippen LogP contribution is 2.15. The van der Waals surface area contributed by atoms with E-state index in [9.17, 15) is 0 Å². The molecule has 0 heterocycles. The second-order valence-corrected chi connectivity index (χ2v) is 6.26. The van der Waals surface area contributed by atoms with E-state index >= 15 is 0 Å². The van der Waals surface area contributed by atoms with Crippen molar-refractivity contribution in [3.8, 4) is 0 Å². The molecule has 2 heteroatoms. The Morgan fingerprint density at radius 3 is 2.45 bits per heavy atom. The Morgan fingerprint density at radius 1 is 1.05 bits per heavy atom. The molecular formula is C18H22BrN. The van der Waals surface area contributed by atoms with E-state index in [0.717, 1.165) is 23.7 Å². The Kier molecular flexibility index (Phi) is 5.81. The Balaban J connectivity index is 1.90. The summed E-state index contributed by atoms with van der Waals surface area (Å²) >= 11 is 3.54. The molecule has 2 aromatic rings. The number of hydrogen-bond donors (Lipinski definition) is 1. The minimum Gasteiger partial charge on any atom is -0.317 e. The normalized spacial score (nSPS) is 12.3. The minimum absolute atomic E-state index is 0.519. The van der Waals surface area contributed by atoms with Crippen LogP contribution in [0.25, 0.3) is 0 Å². The molecule has 1 N–H and O–H groups in total. The van der Waals surface area contributed by atoms with Crippen molar-refractivity contribution in [1.82, 2.24) is 5.32 Å². The lowest BCUT2D eigenvalue weighted by molar-refractivity contribution is 0.520. The molecule has 0 bridgehead atoms. The minimum atomic E-state index is 0.519. The fraction of sp³-hybridized carbons (Fsp3) is 0.333. The van der Waals surface area contributed by atoms with Gasteiger partial charge in [0.1, 0.15) is 0 Å². The second-order valence-electron chi connectivity index (χ2n) is 5.34. The Hall–Kier alpha value is -1.12. The largest absolute Gasteiger partial charge is 0.317 e. The van der Waals surface area contributed by atoms with E-state index < -0.39 is 0 Å². The quantitative estimate of drug-likeness (QED) is 0.820. The van der Waals surface area contributed by atoms with Crippen LogP contribution in [0.5, 0.6) is 0 Å².